The molecule has 0 radical (unpaired) electrons. The van der Waals surface area contributed by atoms with Gasteiger partial charge in [0.25, 0.3) is 5.91 Å². The smallest absolute Gasteiger partial charge is 0.327 e. The highest BCUT2D eigenvalue weighted by molar-refractivity contribution is 9.10. The topological polar surface area (TPSA) is 86.6 Å². The Kier molecular flexibility index (Phi) is 4.75. The Morgan fingerprint density at radius 3 is 2.72 bits per heavy atom. The zero-order valence-electron chi connectivity index (χ0n) is 9.18. The highest BCUT2D eigenvalue weighted by atomic mass is 79.9. The van der Waals surface area contributed by atoms with E-state index in [1.165, 1.54) is 12.1 Å². The van der Waals surface area contributed by atoms with Crippen LogP contribution >= 0.6 is 15.9 Å². The minimum atomic E-state index is -1.23. The number of phenolic OH excluding ortho intramolecular Hbond substituents is 1. The van der Waals surface area contributed by atoms with Crippen LogP contribution in [0.1, 0.15) is 16.8 Å². The second-order valence-corrected chi connectivity index (χ2v) is 4.35. The van der Waals surface area contributed by atoms with Crippen molar-refractivity contribution < 1.29 is 19.8 Å². The molecule has 3 N–H and O–H groups in total. The number of terminal acetylenes is 1. The number of carbonyl (C=O) groups is 2. The van der Waals surface area contributed by atoms with Gasteiger partial charge in [0.1, 0.15) is 11.8 Å². The van der Waals surface area contributed by atoms with Crippen molar-refractivity contribution in [3.8, 4) is 18.1 Å². The number of hydrogen-bond acceptors (Lipinski definition) is 3. The van der Waals surface area contributed by atoms with E-state index >= 15 is 0 Å². The highest BCUT2D eigenvalue weighted by Crippen LogP contribution is 2.21. The summed E-state index contributed by atoms with van der Waals surface area (Å²) in [4.78, 5) is 22.6. The molecule has 1 aromatic rings. The Morgan fingerprint density at radius 1 is 1.50 bits per heavy atom. The Morgan fingerprint density at radius 2 is 2.17 bits per heavy atom. The van der Waals surface area contributed by atoms with E-state index in [0.29, 0.717) is 4.47 Å². The molecule has 5 nitrogen and oxygen atoms in total. The summed E-state index contributed by atoms with van der Waals surface area (Å²) in [6.45, 7) is 0. The molecule has 1 rings (SSSR count). The van der Waals surface area contributed by atoms with E-state index < -0.39 is 17.9 Å². The van der Waals surface area contributed by atoms with E-state index in [4.69, 9.17) is 11.5 Å². The number of phenols is 1. The maximum atomic E-state index is 11.8. The van der Waals surface area contributed by atoms with Gasteiger partial charge in [0.2, 0.25) is 0 Å². The molecule has 0 aliphatic carbocycles. The van der Waals surface area contributed by atoms with Crippen molar-refractivity contribution in [2.45, 2.75) is 12.5 Å². The van der Waals surface area contributed by atoms with Crippen molar-refractivity contribution in [3.63, 3.8) is 0 Å². The number of nitrogens with one attached hydrogen (secondary N) is 1. The molecule has 94 valence electrons. The van der Waals surface area contributed by atoms with Crippen molar-refractivity contribution in [2.75, 3.05) is 0 Å². The Labute approximate surface area is 112 Å². The van der Waals surface area contributed by atoms with E-state index in [0.717, 1.165) is 0 Å². The van der Waals surface area contributed by atoms with Crippen LogP contribution < -0.4 is 5.32 Å². The average molecular weight is 312 g/mol. The lowest BCUT2D eigenvalue weighted by atomic mass is 10.1. The van der Waals surface area contributed by atoms with Crippen molar-refractivity contribution in [2.24, 2.45) is 0 Å². The van der Waals surface area contributed by atoms with Crippen LogP contribution in [0.3, 0.4) is 0 Å². The molecule has 0 saturated carbocycles. The number of rotatable bonds is 4. The van der Waals surface area contributed by atoms with E-state index in [1.54, 1.807) is 6.07 Å². The molecule has 0 fully saturated rings. The molecule has 1 unspecified atom stereocenters. The van der Waals surface area contributed by atoms with Gasteiger partial charge < -0.3 is 15.5 Å². The molecule has 1 amide bonds. The van der Waals surface area contributed by atoms with Crippen LogP contribution in [-0.2, 0) is 4.79 Å². The maximum Gasteiger partial charge on any atom is 0.327 e. The van der Waals surface area contributed by atoms with E-state index in [-0.39, 0.29) is 17.7 Å². The zero-order chi connectivity index (χ0) is 13.7. The highest BCUT2D eigenvalue weighted by Gasteiger charge is 2.21. The van der Waals surface area contributed by atoms with E-state index in [2.05, 4.69) is 27.2 Å². The van der Waals surface area contributed by atoms with Gasteiger partial charge in [-0.3, -0.25) is 4.79 Å². The number of hydrogen-bond donors (Lipinski definition) is 3. The molecule has 0 aliphatic heterocycles. The summed E-state index contributed by atoms with van der Waals surface area (Å²) in [5, 5.41) is 20.6. The summed E-state index contributed by atoms with van der Waals surface area (Å²) in [5.74, 6) is 0.00518. The average Bonchev–Trinajstić information content (AvgIpc) is 2.31. The van der Waals surface area contributed by atoms with Crippen LogP contribution in [0, 0.1) is 12.3 Å². The summed E-state index contributed by atoms with van der Waals surface area (Å²) < 4.78 is 0.592. The monoisotopic (exact) mass is 311 g/mol. The Bertz CT molecular complexity index is 521. The molecular weight excluding hydrogens is 302 g/mol. The molecular formula is C12H10BrNO4. The lowest BCUT2D eigenvalue weighted by Crippen LogP contribution is -2.40. The number of benzene rings is 1. The molecule has 6 heteroatoms. The third-order valence-electron chi connectivity index (χ3n) is 2.13. The molecule has 0 aliphatic rings. The third-order valence-corrected chi connectivity index (χ3v) is 2.62. The Balaban J connectivity index is 2.91. The quantitative estimate of drug-likeness (QED) is 0.733. The van der Waals surface area contributed by atoms with Gasteiger partial charge in [0.05, 0.1) is 5.56 Å². The van der Waals surface area contributed by atoms with Gasteiger partial charge in [-0.2, -0.15) is 0 Å². The standard InChI is InChI=1S/C12H10BrNO4/c1-2-3-9(12(17)18)14-11(16)8-6-7(13)4-5-10(8)15/h1,4-6,9,15H,3H2,(H,14,16)(H,17,18). The fourth-order valence-corrected chi connectivity index (χ4v) is 1.61. The van der Waals surface area contributed by atoms with Crippen molar-refractivity contribution >= 4 is 27.8 Å². The SMILES string of the molecule is C#CCC(NC(=O)c1cc(Br)ccc1O)C(=O)O. The van der Waals surface area contributed by atoms with E-state index in [1.807, 2.05) is 0 Å². The lowest BCUT2D eigenvalue weighted by Gasteiger charge is -2.12. The van der Waals surface area contributed by atoms with Gasteiger partial charge >= 0.3 is 5.97 Å². The normalized spacial score (nSPS) is 11.3. The van der Waals surface area contributed by atoms with Gasteiger partial charge in [-0.25, -0.2) is 4.79 Å². The number of carbonyl (C=O) groups excluding carboxylic acids is 1. The first-order chi connectivity index (χ1) is 8.45. The molecule has 18 heavy (non-hydrogen) atoms. The zero-order valence-corrected chi connectivity index (χ0v) is 10.8. The number of aliphatic carboxylic acids is 1. The molecule has 0 spiro atoms. The van der Waals surface area contributed by atoms with Crippen LogP contribution in [0.2, 0.25) is 0 Å². The van der Waals surface area contributed by atoms with Gasteiger partial charge in [0, 0.05) is 10.9 Å². The number of halogens is 1. The van der Waals surface area contributed by atoms with Gasteiger partial charge in [-0.1, -0.05) is 15.9 Å². The summed E-state index contributed by atoms with van der Waals surface area (Å²) in [6.07, 6.45) is 4.88. The molecule has 0 heterocycles. The first kappa shape index (κ1) is 14.1. The minimum Gasteiger partial charge on any atom is -0.507 e. The fourth-order valence-electron chi connectivity index (χ4n) is 1.24. The lowest BCUT2D eigenvalue weighted by molar-refractivity contribution is -0.139. The maximum absolute atomic E-state index is 11.8. The number of carboxylic acid groups (broad SMARTS) is 1. The predicted octanol–water partition coefficient (Wildman–Crippen LogP) is 1.36. The second-order valence-electron chi connectivity index (χ2n) is 3.43. The van der Waals surface area contributed by atoms with Crippen molar-refractivity contribution in [1.82, 2.24) is 5.32 Å². The third kappa shape index (κ3) is 3.50. The summed E-state index contributed by atoms with van der Waals surface area (Å²) in [6, 6.07) is 3.10. The van der Waals surface area contributed by atoms with Crippen LogP contribution in [0.15, 0.2) is 22.7 Å². The molecule has 1 atom stereocenters. The van der Waals surface area contributed by atoms with Crippen LogP contribution in [0.4, 0.5) is 0 Å². The van der Waals surface area contributed by atoms with Gasteiger partial charge in [0.15, 0.2) is 0 Å². The second kappa shape index (κ2) is 6.07. The fraction of sp³-hybridized carbons (Fsp3) is 0.167. The number of carboxylic acids is 1. The summed E-state index contributed by atoms with van der Waals surface area (Å²) in [5.41, 5.74) is -0.0207. The molecule has 1 aromatic carbocycles. The minimum absolute atomic E-state index is 0.0207. The van der Waals surface area contributed by atoms with Gasteiger partial charge in [-0.05, 0) is 18.2 Å². The number of amides is 1. The van der Waals surface area contributed by atoms with E-state index in [9.17, 15) is 14.7 Å². The molecule has 0 saturated heterocycles. The molecule has 0 aromatic heterocycles. The Hall–Kier alpha value is -2.00. The summed E-state index contributed by atoms with van der Waals surface area (Å²) in [7, 11) is 0. The largest absolute Gasteiger partial charge is 0.507 e. The van der Waals surface area contributed by atoms with Crippen molar-refractivity contribution in [1.29, 1.82) is 0 Å². The predicted molar refractivity (Wildman–Crippen MR) is 68.1 cm³/mol. The first-order valence-corrected chi connectivity index (χ1v) is 5.70. The number of aromatic hydroxyl groups is 1. The summed E-state index contributed by atoms with van der Waals surface area (Å²) >= 11 is 3.15. The van der Waals surface area contributed by atoms with Crippen molar-refractivity contribution in [3.05, 3.63) is 28.2 Å². The molecule has 0 bridgehead atoms. The van der Waals surface area contributed by atoms with Crippen LogP contribution in [0.5, 0.6) is 5.75 Å². The van der Waals surface area contributed by atoms with Gasteiger partial charge in [-0.15, -0.1) is 12.3 Å². The van der Waals surface area contributed by atoms with Crippen LogP contribution in [-0.4, -0.2) is 28.1 Å². The van der Waals surface area contributed by atoms with Crippen LogP contribution in [0.25, 0.3) is 0 Å². The first-order valence-electron chi connectivity index (χ1n) is 4.91.